The summed E-state index contributed by atoms with van der Waals surface area (Å²) in [6.07, 6.45) is 5.99. The van der Waals surface area contributed by atoms with Gasteiger partial charge in [0.2, 0.25) is 0 Å². The van der Waals surface area contributed by atoms with Crippen LogP contribution in [0.15, 0.2) is 48.7 Å². The number of aryl methyl sites for hydroxylation is 1. The number of nitrogens with zero attached hydrogens (tertiary/aromatic N) is 6. The van der Waals surface area contributed by atoms with E-state index in [4.69, 9.17) is 25.2 Å². The number of amides is 1. The van der Waals surface area contributed by atoms with E-state index >= 15 is 0 Å². The number of carbonyl (C=O) groups excluding carboxylic acids is 2. The Morgan fingerprint density at radius 3 is 2.57 bits per heavy atom. The highest BCUT2D eigenvalue weighted by atomic mass is 16.5. The third kappa shape index (κ3) is 4.66. The Bertz CT molecular complexity index is 2010. The molecule has 2 bridgehead atoms. The van der Waals surface area contributed by atoms with Gasteiger partial charge in [0.05, 0.1) is 37.3 Å². The number of nitrogens with two attached hydrogens (primary N) is 1. The number of rotatable bonds is 8. The molecule has 12 nitrogen and oxygen atoms in total. The second-order valence-electron chi connectivity index (χ2n) is 12.7. The minimum atomic E-state index is -0.484. The fourth-order valence-corrected chi connectivity index (χ4v) is 7.23. The molecule has 0 unspecified atom stereocenters. The third-order valence-electron chi connectivity index (χ3n) is 9.86. The average molecular weight is 621 g/mol. The molecule has 236 valence electrons. The predicted molar refractivity (Wildman–Crippen MR) is 173 cm³/mol. The molecule has 12 heteroatoms. The highest BCUT2D eigenvalue weighted by Gasteiger charge is 2.47. The van der Waals surface area contributed by atoms with Crippen LogP contribution < -0.4 is 15.8 Å². The normalized spacial score (nSPS) is 20.5. The number of carbonyl (C=O) groups is 2. The second kappa shape index (κ2) is 10.8. The van der Waals surface area contributed by atoms with Gasteiger partial charge in [-0.25, -0.2) is 19.7 Å². The van der Waals surface area contributed by atoms with Crippen molar-refractivity contribution in [3.8, 4) is 17.3 Å². The molecule has 2 aliphatic carbocycles. The van der Waals surface area contributed by atoms with Crippen molar-refractivity contribution in [2.45, 2.75) is 44.3 Å². The van der Waals surface area contributed by atoms with Gasteiger partial charge in [0, 0.05) is 43.2 Å². The highest BCUT2D eigenvalue weighted by Crippen LogP contribution is 2.40. The fraction of sp³-hybridized carbons (Fsp3) is 0.382. The summed E-state index contributed by atoms with van der Waals surface area (Å²) in [6.45, 7) is 1.53. The molecule has 3 atom stereocenters. The summed E-state index contributed by atoms with van der Waals surface area (Å²) in [7, 11) is 4.94. The van der Waals surface area contributed by atoms with E-state index in [-0.39, 0.29) is 23.7 Å². The van der Waals surface area contributed by atoms with Crippen LogP contribution in [0.4, 0.5) is 11.5 Å². The van der Waals surface area contributed by atoms with Crippen LogP contribution in [0.1, 0.15) is 46.5 Å². The summed E-state index contributed by atoms with van der Waals surface area (Å²) in [6, 6.07) is 13.4. The van der Waals surface area contributed by atoms with Crippen molar-refractivity contribution in [2.75, 3.05) is 26.1 Å². The largest absolute Gasteiger partial charge is 0.494 e. The number of benzene rings is 1. The van der Waals surface area contributed by atoms with E-state index < -0.39 is 5.97 Å². The zero-order chi connectivity index (χ0) is 31.7. The van der Waals surface area contributed by atoms with Crippen molar-refractivity contribution in [1.29, 1.82) is 0 Å². The molecule has 5 aromatic rings. The smallest absolute Gasteiger partial charge is 0.356 e. The highest BCUT2D eigenvalue weighted by molar-refractivity contribution is 6.00. The van der Waals surface area contributed by atoms with Crippen molar-refractivity contribution in [3.63, 3.8) is 0 Å². The van der Waals surface area contributed by atoms with Crippen LogP contribution >= 0.6 is 0 Å². The van der Waals surface area contributed by atoms with Gasteiger partial charge in [-0.15, -0.1) is 0 Å². The average Bonchev–Trinajstić information content (AvgIpc) is 3.48. The minimum absolute atomic E-state index is 0.0164. The van der Waals surface area contributed by atoms with Gasteiger partial charge in [0.15, 0.2) is 5.82 Å². The standard InChI is InChI=1S/C34H36N8O4/c1-40-30-24(12-21(14-27(30)45-2)33(43)42-17-20-6-10-25(42)29(20)35)38-32(40)26-13-19-7-11-28(39-31(19)41(26)16-18-4-5-18)37-22-8-9-23(36-15-22)34(44)46-3/h7-9,11-15,18,20,25,29H,4-6,10,16-17,35H2,1-3H3,(H,37,39)/t20-,25-,29-/m1/s1. The predicted octanol–water partition coefficient (Wildman–Crippen LogP) is 4.50. The van der Waals surface area contributed by atoms with E-state index in [0.717, 1.165) is 47.5 Å². The molecular weight excluding hydrogens is 584 g/mol. The van der Waals surface area contributed by atoms with Crippen LogP contribution in [-0.2, 0) is 18.3 Å². The Morgan fingerprint density at radius 2 is 1.89 bits per heavy atom. The van der Waals surface area contributed by atoms with E-state index in [2.05, 4.69) is 20.9 Å². The summed E-state index contributed by atoms with van der Waals surface area (Å²) in [4.78, 5) is 41.7. The Balaban J connectivity index is 1.17. The van der Waals surface area contributed by atoms with Crippen molar-refractivity contribution in [3.05, 3.63) is 59.9 Å². The van der Waals surface area contributed by atoms with Gasteiger partial charge in [0.1, 0.15) is 28.4 Å². The summed E-state index contributed by atoms with van der Waals surface area (Å²) in [5.41, 5.74) is 11.3. The van der Waals surface area contributed by atoms with E-state index in [1.165, 1.54) is 20.0 Å². The van der Waals surface area contributed by atoms with Crippen LogP contribution in [0, 0.1) is 11.8 Å². The SMILES string of the molecule is COC(=O)c1ccc(Nc2ccc3cc(-c4nc5cc(C(=O)N6C[C@H]7CC[C@@H]6[C@@H]7N)cc(OC)c5n4C)n(CC4CC4)c3n2)cn1. The maximum Gasteiger partial charge on any atom is 0.356 e. The van der Waals surface area contributed by atoms with Crippen LogP contribution in [0.25, 0.3) is 33.6 Å². The zero-order valence-electron chi connectivity index (χ0n) is 26.1. The lowest BCUT2D eigenvalue weighted by molar-refractivity contribution is 0.0593. The Labute approximate surface area is 265 Å². The number of hydrogen-bond donors (Lipinski definition) is 2. The first-order chi connectivity index (χ1) is 22.3. The number of imidazole rings is 1. The molecule has 1 aliphatic heterocycles. The van der Waals surface area contributed by atoms with Crippen LogP contribution in [0.2, 0.25) is 0 Å². The number of nitrogens with one attached hydrogen (secondary N) is 1. The molecular formula is C34H36N8O4. The maximum absolute atomic E-state index is 13.7. The van der Waals surface area contributed by atoms with Gasteiger partial charge < -0.3 is 34.6 Å². The number of pyridine rings is 2. The first-order valence-electron chi connectivity index (χ1n) is 15.8. The van der Waals surface area contributed by atoms with E-state index in [9.17, 15) is 9.59 Å². The van der Waals surface area contributed by atoms with E-state index in [1.54, 1.807) is 25.4 Å². The van der Waals surface area contributed by atoms with E-state index in [1.807, 2.05) is 40.8 Å². The van der Waals surface area contributed by atoms with Crippen LogP contribution in [0.5, 0.6) is 5.75 Å². The molecule has 3 fully saturated rings. The van der Waals surface area contributed by atoms with Crippen molar-refractivity contribution >= 4 is 45.4 Å². The zero-order valence-corrected chi connectivity index (χ0v) is 26.1. The molecule has 0 radical (unpaired) electrons. The monoisotopic (exact) mass is 620 g/mol. The number of esters is 1. The summed E-state index contributed by atoms with van der Waals surface area (Å²) in [5, 5.41) is 4.30. The Morgan fingerprint density at radius 1 is 1.04 bits per heavy atom. The van der Waals surface area contributed by atoms with Gasteiger partial charge in [-0.05, 0) is 80.0 Å². The van der Waals surface area contributed by atoms with Crippen LogP contribution in [-0.4, -0.2) is 73.7 Å². The summed E-state index contributed by atoms with van der Waals surface area (Å²) < 4.78 is 14.9. The van der Waals surface area contributed by atoms with Crippen molar-refractivity contribution < 1.29 is 19.1 Å². The molecule has 2 saturated carbocycles. The topological polar surface area (TPSA) is 142 Å². The first kappa shape index (κ1) is 28.5. The molecule has 1 amide bonds. The number of likely N-dealkylation sites (tertiary alicyclic amines) is 1. The molecule has 3 N–H and O–H groups in total. The number of ether oxygens (including phenoxy) is 2. The maximum atomic E-state index is 13.7. The number of anilines is 2. The summed E-state index contributed by atoms with van der Waals surface area (Å²) >= 11 is 0. The number of piperidine rings is 1. The minimum Gasteiger partial charge on any atom is -0.494 e. The number of aromatic nitrogens is 5. The Hall–Kier alpha value is -4.97. The van der Waals surface area contributed by atoms with Gasteiger partial charge in [-0.1, -0.05) is 0 Å². The number of fused-ring (bicyclic) bond motifs is 4. The molecule has 0 spiro atoms. The lowest BCUT2D eigenvalue weighted by Crippen LogP contribution is -2.41. The molecule has 5 heterocycles. The number of methoxy groups -OCH3 is 2. The lowest BCUT2D eigenvalue weighted by atomic mass is 10.1. The second-order valence-corrected chi connectivity index (χ2v) is 12.7. The van der Waals surface area contributed by atoms with Crippen LogP contribution in [0.3, 0.4) is 0 Å². The van der Waals surface area contributed by atoms with Gasteiger partial charge in [-0.2, -0.15) is 0 Å². The lowest BCUT2D eigenvalue weighted by Gasteiger charge is -2.27. The first-order valence-corrected chi connectivity index (χ1v) is 15.8. The molecule has 3 aliphatic rings. The van der Waals surface area contributed by atoms with Gasteiger partial charge >= 0.3 is 5.97 Å². The molecule has 46 heavy (non-hydrogen) atoms. The number of hydrogen-bond acceptors (Lipinski definition) is 9. The molecule has 8 rings (SSSR count). The van der Waals surface area contributed by atoms with Gasteiger partial charge in [0.25, 0.3) is 5.91 Å². The van der Waals surface area contributed by atoms with Crippen molar-refractivity contribution in [1.82, 2.24) is 29.0 Å². The summed E-state index contributed by atoms with van der Waals surface area (Å²) in [5.74, 6) is 2.50. The van der Waals surface area contributed by atoms with Crippen molar-refractivity contribution in [2.24, 2.45) is 24.6 Å². The Kier molecular flexibility index (Phi) is 6.71. The molecule has 1 saturated heterocycles. The van der Waals surface area contributed by atoms with E-state index in [0.29, 0.717) is 46.7 Å². The molecule has 4 aromatic heterocycles. The quantitative estimate of drug-likeness (QED) is 0.240. The van der Waals surface area contributed by atoms with Gasteiger partial charge in [-0.3, -0.25) is 4.79 Å². The fourth-order valence-electron chi connectivity index (χ4n) is 7.23. The molecule has 1 aromatic carbocycles. The third-order valence-corrected chi connectivity index (χ3v) is 9.86.